The molecule has 18 heavy (non-hydrogen) atoms. The summed E-state index contributed by atoms with van der Waals surface area (Å²) in [5.41, 5.74) is 0. The molecular weight excluding hydrogens is 240 g/mol. The lowest BCUT2D eigenvalue weighted by Gasteiger charge is -2.24. The standard InChI is InChI=1S/C16H22OS/c1-2-17-16(14-9-5-3-6-10-14)13-18-15-11-7-4-8-12-15/h4,7-8,11-14H,2-3,5-6,9-10H2,1H3. The average Bonchev–Trinajstić information content (AvgIpc) is 2.45. The van der Waals surface area contributed by atoms with Gasteiger partial charge in [0.15, 0.2) is 0 Å². The Kier molecular flexibility index (Phi) is 5.66. The molecule has 1 aliphatic carbocycles. The van der Waals surface area contributed by atoms with Crippen molar-refractivity contribution in [2.75, 3.05) is 6.61 Å². The first-order valence-electron chi connectivity index (χ1n) is 6.94. The highest BCUT2D eigenvalue weighted by Crippen LogP contribution is 2.32. The summed E-state index contributed by atoms with van der Waals surface area (Å²) in [6, 6.07) is 10.5. The van der Waals surface area contributed by atoms with E-state index in [0.29, 0.717) is 5.92 Å². The van der Waals surface area contributed by atoms with Crippen LogP contribution in [-0.2, 0) is 4.74 Å². The molecule has 1 aromatic rings. The SMILES string of the molecule is CCOC(=CSc1ccccc1)C1CCCCC1. The molecule has 0 radical (unpaired) electrons. The van der Waals surface area contributed by atoms with Crippen molar-refractivity contribution < 1.29 is 4.74 Å². The van der Waals surface area contributed by atoms with Crippen molar-refractivity contribution in [3.05, 3.63) is 41.5 Å². The molecule has 1 aromatic carbocycles. The molecule has 2 rings (SSSR count). The minimum absolute atomic E-state index is 0.648. The normalized spacial score (nSPS) is 17.7. The highest BCUT2D eigenvalue weighted by molar-refractivity contribution is 8.02. The molecule has 1 saturated carbocycles. The maximum atomic E-state index is 5.84. The van der Waals surface area contributed by atoms with Crippen LogP contribution in [0.2, 0.25) is 0 Å². The van der Waals surface area contributed by atoms with Crippen molar-refractivity contribution in [2.45, 2.75) is 43.9 Å². The van der Waals surface area contributed by atoms with E-state index in [2.05, 4.69) is 42.7 Å². The third-order valence-electron chi connectivity index (χ3n) is 3.37. The van der Waals surface area contributed by atoms with Crippen LogP contribution in [-0.4, -0.2) is 6.61 Å². The predicted molar refractivity (Wildman–Crippen MR) is 78.6 cm³/mol. The van der Waals surface area contributed by atoms with Gasteiger partial charge in [-0.15, -0.1) is 0 Å². The fourth-order valence-electron chi connectivity index (χ4n) is 2.43. The largest absolute Gasteiger partial charge is 0.497 e. The first-order chi connectivity index (χ1) is 8.90. The Morgan fingerprint density at radius 1 is 1.22 bits per heavy atom. The van der Waals surface area contributed by atoms with E-state index in [1.54, 1.807) is 11.8 Å². The van der Waals surface area contributed by atoms with Gasteiger partial charge in [0.2, 0.25) is 0 Å². The van der Waals surface area contributed by atoms with Crippen molar-refractivity contribution in [3.8, 4) is 0 Å². The lowest BCUT2D eigenvalue weighted by Crippen LogP contribution is -2.11. The smallest absolute Gasteiger partial charge is 0.106 e. The third kappa shape index (κ3) is 4.09. The number of rotatable bonds is 5. The van der Waals surface area contributed by atoms with Gasteiger partial charge in [0.05, 0.1) is 6.61 Å². The molecule has 0 saturated heterocycles. The Hall–Kier alpha value is -0.890. The maximum Gasteiger partial charge on any atom is 0.106 e. The molecule has 0 bridgehead atoms. The number of benzene rings is 1. The first kappa shape index (κ1) is 13.5. The molecule has 0 amide bonds. The second kappa shape index (κ2) is 7.52. The molecular formula is C16H22OS. The van der Waals surface area contributed by atoms with E-state index >= 15 is 0 Å². The minimum atomic E-state index is 0.648. The van der Waals surface area contributed by atoms with Gasteiger partial charge < -0.3 is 4.74 Å². The number of allylic oxidation sites excluding steroid dienone is 1. The van der Waals surface area contributed by atoms with Crippen molar-refractivity contribution in [2.24, 2.45) is 5.92 Å². The molecule has 0 N–H and O–H groups in total. The maximum absolute atomic E-state index is 5.84. The van der Waals surface area contributed by atoms with E-state index in [1.165, 1.54) is 42.8 Å². The lowest BCUT2D eigenvalue weighted by atomic mass is 9.88. The van der Waals surface area contributed by atoms with Gasteiger partial charge in [-0.1, -0.05) is 49.2 Å². The highest BCUT2D eigenvalue weighted by Gasteiger charge is 2.18. The van der Waals surface area contributed by atoms with Gasteiger partial charge in [-0.25, -0.2) is 0 Å². The molecule has 0 spiro atoms. The summed E-state index contributed by atoms with van der Waals surface area (Å²) in [5.74, 6) is 1.85. The van der Waals surface area contributed by atoms with E-state index in [-0.39, 0.29) is 0 Å². The van der Waals surface area contributed by atoms with Gasteiger partial charge in [0.1, 0.15) is 5.76 Å². The molecule has 0 aliphatic heterocycles. The van der Waals surface area contributed by atoms with Crippen LogP contribution in [0, 0.1) is 5.92 Å². The minimum Gasteiger partial charge on any atom is -0.497 e. The molecule has 0 atom stereocenters. The second-order valence-electron chi connectivity index (χ2n) is 4.72. The Balaban J connectivity index is 1.99. The van der Waals surface area contributed by atoms with E-state index in [4.69, 9.17) is 4.74 Å². The van der Waals surface area contributed by atoms with Crippen LogP contribution in [0.3, 0.4) is 0 Å². The van der Waals surface area contributed by atoms with Gasteiger partial charge >= 0.3 is 0 Å². The molecule has 1 aliphatic rings. The second-order valence-corrected chi connectivity index (χ2v) is 5.66. The topological polar surface area (TPSA) is 9.23 Å². The van der Waals surface area contributed by atoms with Crippen molar-refractivity contribution >= 4 is 11.8 Å². The lowest BCUT2D eigenvalue weighted by molar-refractivity contribution is 0.173. The zero-order valence-electron chi connectivity index (χ0n) is 11.1. The van der Waals surface area contributed by atoms with Gasteiger partial charge in [-0.2, -0.15) is 0 Å². The summed E-state index contributed by atoms with van der Waals surface area (Å²) in [6.45, 7) is 2.85. The zero-order chi connectivity index (χ0) is 12.6. The molecule has 1 nitrogen and oxygen atoms in total. The number of hydrogen-bond acceptors (Lipinski definition) is 2. The molecule has 0 aromatic heterocycles. The Bertz CT molecular complexity index is 366. The Labute approximate surface area is 115 Å². The van der Waals surface area contributed by atoms with Gasteiger partial charge in [0.25, 0.3) is 0 Å². The van der Waals surface area contributed by atoms with E-state index in [9.17, 15) is 0 Å². The van der Waals surface area contributed by atoms with Crippen LogP contribution in [0.25, 0.3) is 0 Å². The van der Waals surface area contributed by atoms with Crippen LogP contribution in [0.15, 0.2) is 46.4 Å². The fraction of sp³-hybridized carbons (Fsp3) is 0.500. The van der Waals surface area contributed by atoms with Crippen molar-refractivity contribution in [1.29, 1.82) is 0 Å². The molecule has 98 valence electrons. The summed E-state index contributed by atoms with van der Waals surface area (Å²) in [7, 11) is 0. The van der Waals surface area contributed by atoms with Crippen molar-refractivity contribution in [3.63, 3.8) is 0 Å². The number of hydrogen-bond donors (Lipinski definition) is 0. The van der Waals surface area contributed by atoms with Gasteiger partial charge in [0, 0.05) is 16.2 Å². The fourth-order valence-corrected chi connectivity index (χ4v) is 3.25. The third-order valence-corrected chi connectivity index (χ3v) is 4.27. The zero-order valence-corrected chi connectivity index (χ0v) is 11.9. The van der Waals surface area contributed by atoms with E-state index in [0.717, 1.165) is 6.61 Å². The summed E-state index contributed by atoms with van der Waals surface area (Å²) in [4.78, 5) is 1.28. The van der Waals surface area contributed by atoms with Crippen LogP contribution >= 0.6 is 11.8 Å². The number of ether oxygens (including phenoxy) is 1. The van der Waals surface area contributed by atoms with Crippen LogP contribution in [0.4, 0.5) is 0 Å². The summed E-state index contributed by atoms with van der Waals surface area (Å²) in [6.07, 6.45) is 6.68. The highest BCUT2D eigenvalue weighted by atomic mass is 32.2. The molecule has 0 unspecified atom stereocenters. The van der Waals surface area contributed by atoms with E-state index < -0.39 is 0 Å². The molecule has 1 fully saturated rings. The van der Waals surface area contributed by atoms with E-state index in [1.807, 2.05) is 0 Å². The quantitative estimate of drug-likeness (QED) is 0.530. The van der Waals surface area contributed by atoms with Crippen molar-refractivity contribution in [1.82, 2.24) is 0 Å². The molecule has 2 heteroatoms. The summed E-state index contributed by atoms with van der Waals surface area (Å²) >= 11 is 1.78. The Morgan fingerprint density at radius 2 is 1.94 bits per heavy atom. The average molecular weight is 262 g/mol. The van der Waals surface area contributed by atoms with Crippen LogP contribution < -0.4 is 0 Å². The Morgan fingerprint density at radius 3 is 2.61 bits per heavy atom. The monoisotopic (exact) mass is 262 g/mol. The summed E-state index contributed by atoms with van der Waals surface area (Å²) in [5, 5.41) is 2.22. The van der Waals surface area contributed by atoms with Crippen LogP contribution in [0.5, 0.6) is 0 Å². The number of thioether (sulfide) groups is 1. The van der Waals surface area contributed by atoms with Gasteiger partial charge in [-0.3, -0.25) is 0 Å². The van der Waals surface area contributed by atoms with Crippen LogP contribution in [0.1, 0.15) is 39.0 Å². The van der Waals surface area contributed by atoms with Gasteiger partial charge in [-0.05, 0) is 31.9 Å². The molecule has 0 heterocycles. The summed E-state index contributed by atoms with van der Waals surface area (Å²) < 4.78 is 5.84. The predicted octanol–water partition coefficient (Wildman–Crippen LogP) is 5.24. The first-order valence-corrected chi connectivity index (χ1v) is 7.82.